The number of allylic oxidation sites excluding steroid dienone is 1. The molecule has 1 aromatic carbocycles. The molecule has 0 unspecified atom stereocenters. The molecular weight excluding hydrogens is 388 g/mol. The number of hydrogen-bond acceptors (Lipinski definition) is 4. The van der Waals surface area contributed by atoms with Crippen LogP contribution in [0.5, 0.6) is 5.75 Å². The van der Waals surface area contributed by atoms with Gasteiger partial charge < -0.3 is 9.64 Å². The second kappa shape index (κ2) is 9.69. The summed E-state index contributed by atoms with van der Waals surface area (Å²) in [5, 5.41) is 4.37. The van der Waals surface area contributed by atoms with Gasteiger partial charge in [-0.15, -0.1) is 0 Å². The first-order chi connectivity index (χ1) is 15.0. The Balaban J connectivity index is 1.37. The van der Waals surface area contributed by atoms with Crippen LogP contribution >= 0.6 is 0 Å². The monoisotopic (exact) mass is 422 g/mol. The summed E-state index contributed by atoms with van der Waals surface area (Å²) < 4.78 is 7.29. The molecule has 1 fully saturated rings. The Morgan fingerprint density at radius 1 is 1.16 bits per heavy atom. The van der Waals surface area contributed by atoms with Crippen molar-refractivity contribution in [2.75, 3.05) is 26.7 Å². The van der Waals surface area contributed by atoms with Gasteiger partial charge >= 0.3 is 0 Å². The van der Waals surface area contributed by atoms with Gasteiger partial charge in [0.15, 0.2) is 0 Å². The van der Waals surface area contributed by atoms with E-state index < -0.39 is 0 Å². The molecule has 6 heteroatoms. The molecule has 0 aliphatic carbocycles. The van der Waals surface area contributed by atoms with Crippen molar-refractivity contribution in [3.05, 3.63) is 59.4 Å². The van der Waals surface area contributed by atoms with Gasteiger partial charge in [-0.05, 0) is 62.9 Å². The van der Waals surface area contributed by atoms with Crippen molar-refractivity contribution < 1.29 is 9.53 Å². The fourth-order valence-electron chi connectivity index (χ4n) is 4.85. The van der Waals surface area contributed by atoms with Gasteiger partial charge in [0.05, 0.1) is 13.3 Å². The third-order valence-corrected chi connectivity index (χ3v) is 6.95. The van der Waals surface area contributed by atoms with E-state index in [1.165, 1.54) is 11.3 Å². The van der Waals surface area contributed by atoms with E-state index in [9.17, 15) is 4.79 Å². The van der Waals surface area contributed by atoms with E-state index in [-0.39, 0.29) is 5.92 Å². The fraction of sp³-hybridized carbons (Fsp3) is 0.520. The number of amides is 1. The maximum absolute atomic E-state index is 13.5. The Kier molecular flexibility index (Phi) is 6.76. The molecule has 4 rings (SSSR count). The maximum atomic E-state index is 13.5. The molecule has 0 radical (unpaired) electrons. The van der Waals surface area contributed by atoms with E-state index in [4.69, 9.17) is 4.74 Å². The van der Waals surface area contributed by atoms with Crippen LogP contribution in [0.25, 0.3) is 0 Å². The van der Waals surface area contributed by atoms with Crippen LogP contribution in [-0.2, 0) is 24.9 Å². The predicted molar refractivity (Wildman–Crippen MR) is 122 cm³/mol. The van der Waals surface area contributed by atoms with E-state index in [0.717, 1.165) is 50.2 Å². The normalized spacial score (nSPS) is 20.8. The van der Waals surface area contributed by atoms with E-state index in [0.29, 0.717) is 24.9 Å². The average molecular weight is 423 g/mol. The molecule has 0 spiro atoms. The lowest BCUT2D eigenvalue weighted by Gasteiger charge is -2.36. The summed E-state index contributed by atoms with van der Waals surface area (Å²) in [5.74, 6) is 1.68. The van der Waals surface area contributed by atoms with Gasteiger partial charge in [0.1, 0.15) is 5.75 Å². The van der Waals surface area contributed by atoms with Gasteiger partial charge in [0.25, 0.3) is 0 Å². The zero-order valence-electron chi connectivity index (χ0n) is 19.0. The van der Waals surface area contributed by atoms with Gasteiger partial charge in [0, 0.05) is 43.9 Å². The molecule has 2 aromatic rings. The Morgan fingerprint density at radius 2 is 1.97 bits per heavy atom. The quantitative estimate of drug-likeness (QED) is 0.668. The van der Waals surface area contributed by atoms with Crippen molar-refractivity contribution in [1.82, 2.24) is 19.6 Å². The molecule has 1 atom stereocenters. The van der Waals surface area contributed by atoms with E-state index in [1.807, 2.05) is 41.0 Å². The van der Waals surface area contributed by atoms with Crippen LogP contribution in [0.4, 0.5) is 0 Å². The number of benzene rings is 1. The lowest BCUT2D eigenvalue weighted by Crippen LogP contribution is -2.42. The number of methoxy groups -OCH3 is 1. The SMILES string of the molecule is COc1cccc(CN2CC=CC[C@H](C3CCN(Cc4cnn(C)c4C)CC3)C2=O)c1. The zero-order chi connectivity index (χ0) is 21.8. The number of nitrogens with zero attached hydrogens (tertiary/aromatic N) is 4. The maximum Gasteiger partial charge on any atom is 0.226 e. The lowest BCUT2D eigenvalue weighted by atomic mass is 9.81. The highest BCUT2D eigenvalue weighted by atomic mass is 16.5. The standard InChI is InChI=1S/C25H34N4O2/c1-19-22(16-26-27(19)2)18-28-13-10-21(11-14-28)24-9-4-5-12-29(25(24)30)17-20-7-6-8-23(15-20)31-3/h4-8,15-16,21,24H,9-14,17-18H2,1-3H3/t24-/m1/s1. The fourth-order valence-corrected chi connectivity index (χ4v) is 4.85. The highest BCUT2D eigenvalue weighted by molar-refractivity contribution is 5.80. The zero-order valence-corrected chi connectivity index (χ0v) is 19.0. The van der Waals surface area contributed by atoms with E-state index in [1.54, 1.807) is 7.11 Å². The number of likely N-dealkylation sites (tertiary alicyclic amines) is 1. The first-order valence-corrected chi connectivity index (χ1v) is 11.3. The Bertz CT molecular complexity index is 927. The molecule has 31 heavy (non-hydrogen) atoms. The Labute approximate surface area is 185 Å². The molecule has 0 bridgehead atoms. The predicted octanol–water partition coefficient (Wildman–Crippen LogP) is 3.55. The van der Waals surface area contributed by atoms with Gasteiger partial charge in [-0.3, -0.25) is 14.4 Å². The number of ether oxygens (including phenoxy) is 1. The highest BCUT2D eigenvalue weighted by Gasteiger charge is 2.34. The van der Waals surface area contributed by atoms with Gasteiger partial charge in [-0.25, -0.2) is 0 Å². The molecule has 2 aliphatic rings. The molecule has 1 aromatic heterocycles. The molecule has 166 valence electrons. The van der Waals surface area contributed by atoms with Crippen molar-refractivity contribution >= 4 is 5.91 Å². The van der Waals surface area contributed by atoms with Crippen LogP contribution in [0.15, 0.2) is 42.6 Å². The summed E-state index contributed by atoms with van der Waals surface area (Å²) in [6.07, 6.45) is 9.36. The molecule has 0 saturated carbocycles. The molecule has 1 saturated heterocycles. The summed E-state index contributed by atoms with van der Waals surface area (Å²) in [6, 6.07) is 8.02. The molecular formula is C25H34N4O2. The Hall–Kier alpha value is -2.60. The van der Waals surface area contributed by atoms with Crippen molar-refractivity contribution in [3.63, 3.8) is 0 Å². The van der Waals surface area contributed by atoms with E-state index >= 15 is 0 Å². The summed E-state index contributed by atoms with van der Waals surface area (Å²) >= 11 is 0. The molecule has 2 aliphatic heterocycles. The van der Waals surface area contributed by atoms with Crippen LogP contribution in [0, 0.1) is 18.8 Å². The first-order valence-electron chi connectivity index (χ1n) is 11.3. The van der Waals surface area contributed by atoms with Gasteiger partial charge in [-0.1, -0.05) is 24.3 Å². The number of piperidine rings is 1. The topological polar surface area (TPSA) is 50.6 Å². The second-order valence-corrected chi connectivity index (χ2v) is 8.88. The Morgan fingerprint density at radius 3 is 2.68 bits per heavy atom. The van der Waals surface area contributed by atoms with Crippen LogP contribution in [-0.4, -0.2) is 52.2 Å². The summed E-state index contributed by atoms with van der Waals surface area (Å²) in [7, 11) is 3.67. The smallest absolute Gasteiger partial charge is 0.226 e. The highest BCUT2D eigenvalue weighted by Crippen LogP contribution is 2.32. The van der Waals surface area contributed by atoms with E-state index in [2.05, 4.69) is 35.1 Å². The molecule has 1 amide bonds. The summed E-state index contributed by atoms with van der Waals surface area (Å²) in [5.41, 5.74) is 3.65. The van der Waals surface area contributed by atoms with Gasteiger partial charge in [-0.2, -0.15) is 5.10 Å². The molecule has 0 N–H and O–H groups in total. The second-order valence-electron chi connectivity index (χ2n) is 8.88. The van der Waals surface area contributed by atoms with Crippen molar-refractivity contribution in [1.29, 1.82) is 0 Å². The van der Waals surface area contributed by atoms with Crippen molar-refractivity contribution in [3.8, 4) is 5.75 Å². The van der Waals surface area contributed by atoms with Crippen LogP contribution in [0.2, 0.25) is 0 Å². The minimum atomic E-state index is 0.0895. The third kappa shape index (κ3) is 5.01. The third-order valence-electron chi connectivity index (χ3n) is 6.95. The van der Waals surface area contributed by atoms with Crippen LogP contribution in [0.3, 0.4) is 0 Å². The number of aromatic nitrogens is 2. The van der Waals surface area contributed by atoms with Gasteiger partial charge in [0.2, 0.25) is 5.91 Å². The number of rotatable bonds is 6. The number of hydrogen-bond donors (Lipinski definition) is 0. The minimum Gasteiger partial charge on any atom is -0.497 e. The summed E-state index contributed by atoms with van der Waals surface area (Å²) in [4.78, 5) is 18.0. The number of carbonyl (C=O) groups is 1. The molecule has 3 heterocycles. The summed E-state index contributed by atoms with van der Waals surface area (Å²) in [6.45, 7) is 6.49. The number of carbonyl (C=O) groups excluding carboxylic acids is 1. The first kappa shape index (κ1) is 21.6. The van der Waals surface area contributed by atoms with Crippen molar-refractivity contribution in [2.24, 2.45) is 18.9 Å². The average Bonchev–Trinajstić information content (AvgIpc) is 2.99. The lowest BCUT2D eigenvalue weighted by molar-refractivity contribution is -0.137. The largest absolute Gasteiger partial charge is 0.497 e. The van der Waals surface area contributed by atoms with Crippen LogP contribution < -0.4 is 4.74 Å². The van der Waals surface area contributed by atoms with Crippen LogP contribution in [0.1, 0.15) is 36.1 Å². The molecule has 6 nitrogen and oxygen atoms in total. The van der Waals surface area contributed by atoms with Crippen molar-refractivity contribution in [2.45, 2.75) is 39.3 Å². The number of aryl methyl sites for hydroxylation is 1. The minimum absolute atomic E-state index is 0.0895.